The lowest BCUT2D eigenvalue weighted by Gasteiger charge is -2.04. The van der Waals surface area contributed by atoms with Crippen molar-refractivity contribution in [2.75, 3.05) is 0 Å². The van der Waals surface area contributed by atoms with Crippen LogP contribution in [0.4, 0.5) is 4.79 Å². The number of ether oxygens (including phenoxy) is 1. The minimum atomic E-state index is -0.824. The van der Waals surface area contributed by atoms with Crippen LogP contribution in [0.5, 0.6) is 5.88 Å². The molecule has 0 saturated heterocycles. The maximum Gasteiger partial charge on any atom is 0.411 e. The number of primary amides is 1. The summed E-state index contributed by atoms with van der Waals surface area (Å²) in [5.74, 6) is 0.393. The van der Waals surface area contributed by atoms with Gasteiger partial charge >= 0.3 is 6.09 Å². The van der Waals surface area contributed by atoms with E-state index in [0.717, 1.165) is 24.5 Å². The molecule has 7 heteroatoms. The van der Waals surface area contributed by atoms with Gasteiger partial charge in [-0.3, -0.25) is 0 Å². The first-order valence-electron chi connectivity index (χ1n) is 5.63. The summed E-state index contributed by atoms with van der Waals surface area (Å²) in [6, 6.07) is 9.91. The third kappa shape index (κ3) is 2.70. The Labute approximate surface area is 131 Å². The molecule has 3 aromatic rings. The van der Waals surface area contributed by atoms with Crippen molar-refractivity contribution in [1.82, 2.24) is 4.98 Å². The van der Waals surface area contributed by atoms with Gasteiger partial charge in [-0.2, -0.15) is 0 Å². The first-order valence-corrected chi connectivity index (χ1v) is 8.12. The highest BCUT2D eigenvalue weighted by atomic mass is 79.9. The van der Waals surface area contributed by atoms with E-state index < -0.39 is 6.09 Å². The maximum absolute atomic E-state index is 11.0. The van der Waals surface area contributed by atoms with Gasteiger partial charge in [0.1, 0.15) is 4.83 Å². The fraction of sp³-hybridized carbons (Fsp3) is 0. The summed E-state index contributed by atoms with van der Waals surface area (Å²) in [6.45, 7) is 0. The number of benzene rings is 1. The van der Waals surface area contributed by atoms with E-state index in [4.69, 9.17) is 10.5 Å². The number of carbonyl (C=O) groups excluding carboxylic acids is 1. The molecule has 0 unspecified atom stereocenters. The zero-order chi connectivity index (χ0) is 14.1. The summed E-state index contributed by atoms with van der Waals surface area (Å²) < 4.78 is 6.05. The Morgan fingerprint density at radius 1 is 1.40 bits per heavy atom. The molecule has 102 valence electrons. The smallest absolute Gasteiger partial charge is 0.392 e. The Kier molecular flexibility index (Phi) is 3.73. The van der Waals surface area contributed by atoms with Gasteiger partial charge in [-0.25, -0.2) is 4.79 Å². The number of aromatic nitrogens is 1. The van der Waals surface area contributed by atoms with Crippen molar-refractivity contribution in [3.8, 4) is 5.88 Å². The lowest BCUT2D eigenvalue weighted by Crippen LogP contribution is -2.16. The normalized spacial score (nSPS) is 10.8. The molecule has 4 nitrogen and oxygen atoms in total. The van der Waals surface area contributed by atoms with Gasteiger partial charge in [0.2, 0.25) is 5.88 Å². The average Bonchev–Trinajstić information content (AvgIpc) is 2.93. The number of H-pyrrole nitrogens is 1. The number of nitrogens with one attached hydrogen (secondary N) is 1. The number of hydrogen-bond donors (Lipinski definition) is 2. The van der Waals surface area contributed by atoms with Crippen molar-refractivity contribution in [2.45, 2.75) is 9.79 Å². The van der Waals surface area contributed by atoms with Crippen LogP contribution in [0.25, 0.3) is 10.2 Å². The molecule has 0 aliphatic heterocycles. The molecule has 0 bridgehead atoms. The minimum absolute atomic E-state index is 0.393. The van der Waals surface area contributed by atoms with Gasteiger partial charge in [0.05, 0.1) is 4.90 Å². The molecule has 0 aliphatic rings. The van der Waals surface area contributed by atoms with E-state index in [9.17, 15) is 4.79 Å². The van der Waals surface area contributed by atoms with E-state index in [-0.39, 0.29) is 0 Å². The zero-order valence-electron chi connectivity index (χ0n) is 10.1. The third-order valence-electron chi connectivity index (χ3n) is 2.56. The molecule has 1 aromatic carbocycles. The van der Waals surface area contributed by atoms with E-state index in [1.807, 2.05) is 35.7 Å². The number of carbonyl (C=O) groups is 1. The molecule has 0 aliphatic carbocycles. The first kappa shape index (κ1) is 13.5. The van der Waals surface area contributed by atoms with Crippen LogP contribution in [0.3, 0.4) is 0 Å². The molecule has 0 atom stereocenters. The average molecular weight is 369 g/mol. The van der Waals surface area contributed by atoms with Crippen molar-refractivity contribution < 1.29 is 9.53 Å². The number of nitrogens with two attached hydrogens (primary N) is 1. The summed E-state index contributed by atoms with van der Waals surface area (Å²) in [5, 5.41) is 3.01. The lowest BCUT2D eigenvalue weighted by atomic mass is 10.4. The Morgan fingerprint density at radius 3 is 3.00 bits per heavy atom. The number of thiophene rings is 1. The Morgan fingerprint density at radius 2 is 2.25 bits per heavy atom. The Bertz CT molecular complexity index is 782. The fourth-order valence-corrected chi connectivity index (χ4v) is 4.23. The van der Waals surface area contributed by atoms with Gasteiger partial charge in [0, 0.05) is 14.8 Å². The van der Waals surface area contributed by atoms with Crippen LogP contribution in [0.2, 0.25) is 0 Å². The van der Waals surface area contributed by atoms with Crippen molar-refractivity contribution in [3.63, 3.8) is 0 Å². The molecular formula is C13H9BrN2O2S2. The van der Waals surface area contributed by atoms with Gasteiger partial charge in [0.25, 0.3) is 0 Å². The molecule has 3 N–H and O–H groups in total. The monoisotopic (exact) mass is 368 g/mol. The number of amides is 1. The molecule has 2 aromatic heterocycles. The molecule has 1 amide bonds. The molecule has 0 radical (unpaired) electrons. The van der Waals surface area contributed by atoms with Crippen LogP contribution < -0.4 is 10.5 Å². The third-order valence-corrected chi connectivity index (χ3v) is 4.98. The van der Waals surface area contributed by atoms with E-state index in [0.29, 0.717) is 5.88 Å². The predicted octanol–water partition coefficient (Wildman–Crippen LogP) is 4.60. The highest BCUT2D eigenvalue weighted by molar-refractivity contribution is 9.10. The van der Waals surface area contributed by atoms with Gasteiger partial charge in [-0.1, -0.05) is 33.8 Å². The number of hydrogen-bond acceptors (Lipinski definition) is 4. The van der Waals surface area contributed by atoms with Crippen LogP contribution in [-0.2, 0) is 0 Å². The summed E-state index contributed by atoms with van der Waals surface area (Å²) in [5.41, 5.74) is 5.11. The van der Waals surface area contributed by atoms with Gasteiger partial charge in [-0.05, 0) is 29.6 Å². The lowest BCUT2D eigenvalue weighted by molar-refractivity contribution is 0.208. The van der Waals surface area contributed by atoms with Crippen LogP contribution in [-0.4, -0.2) is 11.1 Å². The SMILES string of the molecule is NC(=O)Oc1[nH]c2sccc2c1Sc1cccc(Br)c1. The molecule has 0 spiro atoms. The highest BCUT2D eigenvalue weighted by Crippen LogP contribution is 2.42. The van der Waals surface area contributed by atoms with E-state index in [1.54, 1.807) is 11.3 Å². The second-order valence-corrected chi connectivity index (χ2v) is 6.84. The topological polar surface area (TPSA) is 68.1 Å². The van der Waals surface area contributed by atoms with Crippen LogP contribution in [0, 0.1) is 0 Å². The molecule has 20 heavy (non-hydrogen) atoms. The number of aromatic amines is 1. The number of rotatable bonds is 3. The molecule has 0 fully saturated rings. The van der Waals surface area contributed by atoms with Gasteiger partial charge in [-0.15, -0.1) is 11.3 Å². The molecule has 2 heterocycles. The minimum Gasteiger partial charge on any atom is -0.392 e. The van der Waals surface area contributed by atoms with E-state index >= 15 is 0 Å². The number of fused-ring (bicyclic) bond motifs is 1. The summed E-state index contributed by atoms with van der Waals surface area (Å²) in [7, 11) is 0. The predicted molar refractivity (Wildman–Crippen MR) is 84.7 cm³/mol. The zero-order valence-corrected chi connectivity index (χ0v) is 13.3. The number of halogens is 1. The second-order valence-electron chi connectivity index (χ2n) is 3.93. The molecular weight excluding hydrogens is 360 g/mol. The largest absolute Gasteiger partial charge is 0.411 e. The maximum atomic E-state index is 11.0. The molecule has 3 rings (SSSR count). The van der Waals surface area contributed by atoms with E-state index in [2.05, 4.69) is 20.9 Å². The summed E-state index contributed by atoms with van der Waals surface area (Å²) in [6.07, 6.45) is -0.824. The first-order chi connectivity index (χ1) is 9.63. The van der Waals surface area contributed by atoms with Crippen LogP contribution in [0.1, 0.15) is 0 Å². The van der Waals surface area contributed by atoms with Gasteiger partial charge in [0.15, 0.2) is 0 Å². The van der Waals surface area contributed by atoms with Crippen molar-refractivity contribution in [1.29, 1.82) is 0 Å². The van der Waals surface area contributed by atoms with Crippen molar-refractivity contribution in [2.24, 2.45) is 5.73 Å². The van der Waals surface area contributed by atoms with Crippen molar-refractivity contribution >= 4 is 55.3 Å². The Balaban J connectivity index is 2.03. The fourth-order valence-electron chi connectivity index (χ4n) is 1.79. The molecule has 0 saturated carbocycles. The Hall–Kier alpha value is -1.44. The van der Waals surface area contributed by atoms with Gasteiger partial charge < -0.3 is 15.5 Å². The van der Waals surface area contributed by atoms with Crippen LogP contribution in [0.15, 0.2) is 50.0 Å². The van der Waals surface area contributed by atoms with E-state index in [1.165, 1.54) is 11.8 Å². The second kappa shape index (κ2) is 5.51. The van der Waals surface area contributed by atoms with Crippen molar-refractivity contribution in [3.05, 3.63) is 40.2 Å². The summed E-state index contributed by atoms with van der Waals surface area (Å²) in [4.78, 5) is 16.9. The quantitative estimate of drug-likeness (QED) is 0.709. The standard InChI is InChI=1S/C13H9BrN2O2S2/c14-7-2-1-3-8(6-7)20-10-9-4-5-19-12(9)16-11(10)18-13(15)17/h1-6,16H,(H2,15,17). The highest BCUT2D eigenvalue weighted by Gasteiger charge is 2.17. The summed E-state index contributed by atoms with van der Waals surface area (Å²) >= 11 is 6.52. The van der Waals surface area contributed by atoms with Crippen LogP contribution >= 0.6 is 39.0 Å².